The fourth-order valence-electron chi connectivity index (χ4n) is 1.38. The van der Waals surface area contributed by atoms with Crippen LogP contribution < -0.4 is 0 Å². The van der Waals surface area contributed by atoms with E-state index in [1.54, 1.807) is 4.90 Å². The molecule has 1 unspecified atom stereocenters. The maximum Gasteiger partial charge on any atom is 0.223 e. The summed E-state index contributed by atoms with van der Waals surface area (Å²) in [5.74, 6) is 0.213. The second kappa shape index (κ2) is 3.96. The lowest BCUT2D eigenvalue weighted by molar-refractivity contribution is -0.131. The molecule has 2 nitrogen and oxygen atoms in total. The van der Waals surface area contributed by atoms with Crippen LogP contribution in [0.1, 0.15) is 32.6 Å². The van der Waals surface area contributed by atoms with E-state index < -0.39 is 0 Å². The first-order valence-corrected chi connectivity index (χ1v) is 4.59. The Labute approximate surface area is 72.5 Å². The second-order valence-corrected chi connectivity index (χ2v) is 3.60. The molecule has 1 fully saturated rings. The monoisotopic (exact) mass is 175 g/mol. The molecular weight excluding hydrogens is 162 g/mol. The van der Waals surface area contributed by atoms with Crippen LogP contribution in [0.5, 0.6) is 0 Å². The third-order valence-corrected chi connectivity index (χ3v) is 2.28. The number of halogens is 1. The Balaban J connectivity index is 2.52. The minimum Gasteiger partial charge on any atom is -0.327 e. The summed E-state index contributed by atoms with van der Waals surface area (Å²) >= 11 is 5.83. The zero-order valence-electron chi connectivity index (χ0n) is 6.85. The van der Waals surface area contributed by atoms with Crippen molar-refractivity contribution in [2.45, 2.75) is 38.1 Å². The van der Waals surface area contributed by atoms with Gasteiger partial charge in [0.05, 0.1) is 0 Å². The number of carbonyl (C=O) groups excluding carboxylic acids is 1. The van der Waals surface area contributed by atoms with Gasteiger partial charge in [-0.3, -0.25) is 4.79 Å². The molecular formula is C8H14ClNO. The van der Waals surface area contributed by atoms with Crippen LogP contribution in [0.4, 0.5) is 0 Å². The van der Waals surface area contributed by atoms with Gasteiger partial charge in [-0.2, -0.15) is 0 Å². The number of rotatable bonds is 1. The largest absolute Gasteiger partial charge is 0.327 e. The number of hydrogen-bond donors (Lipinski definition) is 0. The summed E-state index contributed by atoms with van der Waals surface area (Å²) in [7, 11) is 0. The van der Waals surface area contributed by atoms with E-state index in [4.69, 9.17) is 11.6 Å². The van der Waals surface area contributed by atoms with Crippen LogP contribution in [0, 0.1) is 0 Å². The van der Waals surface area contributed by atoms with Gasteiger partial charge >= 0.3 is 0 Å². The summed E-state index contributed by atoms with van der Waals surface area (Å²) < 4.78 is 0. The lowest BCUT2D eigenvalue weighted by atomic mass is 10.2. The van der Waals surface area contributed by atoms with Crippen molar-refractivity contribution in [2.75, 3.05) is 6.54 Å². The van der Waals surface area contributed by atoms with E-state index in [-0.39, 0.29) is 11.4 Å². The maximum absolute atomic E-state index is 11.3. The zero-order valence-corrected chi connectivity index (χ0v) is 7.60. The molecule has 0 bridgehead atoms. The molecule has 0 aliphatic carbocycles. The molecule has 3 heteroatoms. The van der Waals surface area contributed by atoms with E-state index in [9.17, 15) is 4.79 Å². The average molecular weight is 176 g/mol. The molecule has 0 radical (unpaired) electrons. The van der Waals surface area contributed by atoms with E-state index in [1.807, 2.05) is 6.92 Å². The third kappa shape index (κ3) is 2.37. The summed E-state index contributed by atoms with van der Waals surface area (Å²) in [6.45, 7) is 2.69. The van der Waals surface area contributed by atoms with Gasteiger partial charge in [-0.05, 0) is 19.8 Å². The summed E-state index contributed by atoms with van der Waals surface area (Å²) in [6, 6.07) is 0. The Bertz CT molecular complexity index is 147. The van der Waals surface area contributed by atoms with Gasteiger partial charge in [0.1, 0.15) is 5.50 Å². The number of hydrogen-bond acceptors (Lipinski definition) is 1. The normalized spacial score (nSPS) is 23.1. The Morgan fingerprint density at radius 2 is 2.18 bits per heavy atom. The maximum atomic E-state index is 11.3. The highest BCUT2D eigenvalue weighted by Gasteiger charge is 2.19. The van der Waals surface area contributed by atoms with Gasteiger partial charge in [-0.15, -0.1) is 0 Å². The molecule has 0 aromatic carbocycles. The summed E-state index contributed by atoms with van der Waals surface area (Å²) in [5, 5.41) is 0. The molecule has 1 rings (SSSR count). The van der Waals surface area contributed by atoms with Crippen LogP contribution in [0.3, 0.4) is 0 Å². The molecule has 1 heterocycles. The molecule has 64 valence electrons. The summed E-state index contributed by atoms with van der Waals surface area (Å²) in [6.07, 6.45) is 3.96. The van der Waals surface area contributed by atoms with E-state index in [0.717, 1.165) is 25.8 Å². The molecule has 1 amide bonds. The van der Waals surface area contributed by atoms with Gasteiger partial charge < -0.3 is 4.90 Å². The van der Waals surface area contributed by atoms with Crippen LogP contribution in [0.15, 0.2) is 0 Å². The Hall–Kier alpha value is -0.240. The third-order valence-electron chi connectivity index (χ3n) is 2.04. The Morgan fingerprint density at radius 1 is 1.45 bits per heavy atom. The van der Waals surface area contributed by atoms with E-state index in [0.29, 0.717) is 6.42 Å². The molecule has 1 aliphatic heterocycles. The van der Waals surface area contributed by atoms with Gasteiger partial charge in [0.25, 0.3) is 0 Å². The van der Waals surface area contributed by atoms with Gasteiger partial charge in [0.2, 0.25) is 5.91 Å². The molecule has 1 atom stereocenters. The van der Waals surface area contributed by atoms with Crippen molar-refractivity contribution in [2.24, 2.45) is 0 Å². The van der Waals surface area contributed by atoms with E-state index in [1.165, 1.54) is 0 Å². The molecule has 1 aliphatic rings. The molecule has 0 spiro atoms. The highest BCUT2D eigenvalue weighted by Crippen LogP contribution is 2.15. The molecule has 0 N–H and O–H groups in total. The minimum atomic E-state index is -0.138. The second-order valence-electron chi connectivity index (χ2n) is 2.97. The van der Waals surface area contributed by atoms with Crippen molar-refractivity contribution in [1.29, 1.82) is 0 Å². The average Bonchev–Trinajstić information content (AvgIpc) is 2.13. The van der Waals surface area contributed by atoms with Gasteiger partial charge in [0.15, 0.2) is 0 Å². The minimum absolute atomic E-state index is 0.138. The number of nitrogens with zero attached hydrogens (tertiary/aromatic N) is 1. The molecule has 1 saturated heterocycles. The molecule has 0 aromatic rings. The zero-order chi connectivity index (χ0) is 8.27. The highest BCUT2D eigenvalue weighted by atomic mass is 35.5. The van der Waals surface area contributed by atoms with Crippen molar-refractivity contribution in [3.8, 4) is 0 Å². The first-order valence-electron chi connectivity index (χ1n) is 4.15. The Morgan fingerprint density at radius 3 is 2.82 bits per heavy atom. The van der Waals surface area contributed by atoms with Crippen molar-refractivity contribution in [1.82, 2.24) is 4.90 Å². The topological polar surface area (TPSA) is 20.3 Å². The standard InChI is InChI=1S/C8H14ClNO/c1-7(9)10-6-4-2-3-5-8(10)11/h7H,2-6H2,1H3. The lowest BCUT2D eigenvalue weighted by Gasteiger charge is -2.22. The quantitative estimate of drug-likeness (QED) is 0.441. The van der Waals surface area contributed by atoms with Crippen molar-refractivity contribution >= 4 is 17.5 Å². The SMILES string of the molecule is CC(Cl)N1CCCCCC1=O. The van der Waals surface area contributed by atoms with Crippen LogP contribution >= 0.6 is 11.6 Å². The fraction of sp³-hybridized carbons (Fsp3) is 0.875. The number of alkyl halides is 1. The van der Waals surface area contributed by atoms with Crippen molar-refractivity contribution < 1.29 is 4.79 Å². The van der Waals surface area contributed by atoms with Gasteiger partial charge in [-0.25, -0.2) is 0 Å². The van der Waals surface area contributed by atoms with E-state index in [2.05, 4.69) is 0 Å². The lowest BCUT2D eigenvalue weighted by Crippen LogP contribution is -2.34. The predicted molar refractivity (Wildman–Crippen MR) is 45.5 cm³/mol. The number of likely N-dealkylation sites (tertiary alicyclic amines) is 1. The fourth-order valence-corrected chi connectivity index (χ4v) is 1.59. The molecule has 0 aromatic heterocycles. The summed E-state index contributed by atoms with van der Waals surface area (Å²) in [4.78, 5) is 13.1. The van der Waals surface area contributed by atoms with Crippen LogP contribution in [-0.4, -0.2) is 22.9 Å². The molecule has 11 heavy (non-hydrogen) atoms. The molecule has 0 saturated carbocycles. The number of amides is 1. The summed E-state index contributed by atoms with van der Waals surface area (Å²) in [5.41, 5.74) is -0.138. The Kier molecular flexibility index (Phi) is 3.18. The number of carbonyl (C=O) groups is 1. The van der Waals surface area contributed by atoms with Crippen LogP contribution in [0.25, 0.3) is 0 Å². The first kappa shape index (κ1) is 8.85. The van der Waals surface area contributed by atoms with Crippen molar-refractivity contribution in [3.05, 3.63) is 0 Å². The first-order chi connectivity index (χ1) is 5.22. The predicted octanol–water partition coefficient (Wildman–Crippen LogP) is 1.97. The van der Waals surface area contributed by atoms with E-state index >= 15 is 0 Å². The van der Waals surface area contributed by atoms with Gasteiger partial charge in [0, 0.05) is 13.0 Å². The van der Waals surface area contributed by atoms with Gasteiger partial charge in [-0.1, -0.05) is 18.0 Å². The van der Waals surface area contributed by atoms with Crippen molar-refractivity contribution in [3.63, 3.8) is 0 Å². The highest BCUT2D eigenvalue weighted by molar-refractivity contribution is 6.21. The van der Waals surface area contributed by atoms with Crippen LogP contribution in [-0.2, 0) is 4.79 Å². The van der Waals surface area contributed by atoms with Crippen LogP contribution in [0.2, 0.25) is 0 Å². The smallest absolute Gasteiger partial charge is 0.223 e.